The highest BCUT2D eigenvalue weighted by molar-refractivity contribution is 7.89. The Labute approximate surface area is 187 Å². The molecule has 1 amide bonds. The second kappa shape index (κ2) is 9.35. The summed E-state index contributed by atoms with van der Waals surface area (Å²) in [5.74, 6) is -0.279. The molecule has 0 spiro atoms. The van der Waals surface area contributed by atoms with Crippen molar-refractivity contribution in [3.63, 3.8) is 0 Å². The van der Waals surface area contributed by atoms with Crippen molar-refractivity contribution in [3.05, 3.63) is 53.6 Å². The summed E-state index contributed by atoms with van der Waals surface area (Å²) >= 11 is 0. The van der Waals surface area contributed by atoms with Crippen LogP contribution in [-0.4, -0.2) is 59.9 Å². The maximum Gasteiger partial charge on any atom is 0.243 e. The molecule has 1 aliphatic heterocycles. The molecule has 32 heavy (non-hydrogen) atoms. The number of benzene rings is 2. The summed E-state index contributed by atoms with van der Waals surface area (Å²) in [5, 5.41) is 11.0. The van der Waals surface area contributed by atoms with E-state index in [0.29, 0.717) is 44.6 Å². The fraction of sp³-hybridized carbons (Fsp3) is 0.409. The lowest BCUT2D eigenvalue weighted by atomic mass is 10.1. The van der Waals surface area contributed by atoms with Crippen molar-refractivity contribution >= 4 is 27.0 Å². The van der Waals surface area contributed by atoms with Gasteiger partial charge < -0.3 is 10.1 Å². The number of hydrogen-bond donors (Lipinski definition) is 1. The third-order valence-electron chi connectivity index (χ3n) is 5.69. The minimum Gasteiger partial charge on any atom is -0.383 e. The van der Waals surface area contributed by atoms with Gasteiger partial charge in [0.15, 0.2) is 0 Å². The third kappa shape index (κ3) is 4.52. The van der Waals surface area contributed by atoms with Gasteiger partial charge in [-0.25, -0.2) is 13.1 Å². The fourth-order valence-electron chi connectivity index (χ4n) is 3.89. The molecule has 0 bridgehead atoms. The van der Waals surface area contributed by atoms with Crippen LogP contribution in [0.25, 0.3) is 11.0 Å². The summed E-state index contributed by atoms with van der Waals surface area (Å²) in [6, 6.07) is 11.9. The largest absolute Gasteiger partial charge is 0.383 e. The number of ether oxygens (including phenoxy) is 1. The van der Waals surface area contributed by atoms with Gasteiger partial charge in [0.25, 0.3) is 0 Å². The molecule has 1 fully saturated rings. The smallest absolute Gasteiger partial charge is 0.243 e. The molecule has 1 saturated heterocycles. The van der Waals surface area contributed by atoms with E-state index < -0.39 is 16.1 Å². The van der Waals surface area contributed by atoms with Gasteiger partial charge in [0.2, 0.25) is 15.9 Å². The van der Waals surface area contributed by atoms with Crippen molar-refractivity contribution in [3.8, 4) is 0 Å². The summed E-state index contributed by atoms with van der Waals surface area (Å²) in [5.41, 5.74) is 3.33. The highest BCUT2D eigenvalue weighted by Gasteiger charge is 2.39. The molecule has 0 saturated carbocycles. The predicted molar refractivity (Wildman–Crippen MR) is 119 cm³/mol. The van der Waals surface area contributed by atoms with Crippen molar-refractivity contribution in [2.24, 2.45) is 0 Å². The van der Waals surface area contributed by atoms with E-state index in [-0.39, 0.29) is 10.8 Å². The van der Waals surface area contributed by atoms with Crippen LogP contribution >= 0.6 is 0 Å². The lowest BCUT2D eigenvalue weighted by Crippen LogP contribution is -2.45. The molecule has 2 aromatic carbocycles. The predicted octanol–water partition coefficient (Wildman–Crippen LogP) is 1.86. The number of hydrogen-bond acceptors (Lipinski definition) is 6. The molecule has 4 rings (SSSR count). The first kappa shape index (κ1) is 22.4. The van der Waals surface area contributed by atoms with E-state index in [2.05, 4.69) is 15.6 Å². The summed E-state index contributed by atoms with van der Waals surface area (Å²) in [6.07, 6.45) is 1.13. The van der Waals surface area contributed by atoms with Gasteiger partial charge in [-0.1, -0.05) is 35.0 Å². The average Bonchev–Trinajstić information content (AvgIpc) is 3.44. The van der Waals surface area contributed by atoms with Crippen LogP contribution < -0.4 is 5.32 Å². The molecule has 9 nitrogen and oxygen atoms in total. The number of nitrogens with one attached hydrogen (secondary N) is 1. The number of nitrogens with zero attached hydrogens (tertiary/aromatic N) is 4. The quantitative estimate of drug-likeness (QED) is 0.553. The first-order valence-electron chi connectivity index (χ1n) is 10.6. The first-order chi connectivity index (χ1) is 15.4. The Balaban J connectivity index is 1.50. The highest BCUT2D eigenvalue weighted by atomic mass is 32.2. The standard InChI is InChI=1S/C22H27N5O4S/c1-16-5-7-17(8-6-16)15-23-22(28)21-4-3-11-27(21)32(29,30)18-9-10-20-19(14-18)24-25-26(20)12-13-31-2/h5-10,14,21H,3-4,11-13,15H2,1-2H3,(H,23,28)/t21-/m1/s1. The zero-order valence-corrected chi connectivity index (χ0v) is 19.0. The molecule has 0 aliphatic carbocycles. The van der Waals surface area contributed by atoms with E-state index in [4.69, 9.17) is 4.74 Å². The van der Waals surface area contributed by atoms with Crippen molar-refractivity contribution in [1.82, 2.24) is 24.6 Å². The Morgan fingerprint density at radius 2 is 2.00 bits per heavy atom. The maximum atomic E-state index is 13.4. The van der Waals surface area contributed by atoms with Gasteiger partial charge >= 0.3 is 0 Å². The monoisotopic (exact) mass is 457 g/mol. The molecule has 1 atom stereocenters. The van der Waals surface area contributed by atoms with Crippen LogP contribution in [0.15, 0.2) is 47.4 Å². The number of fused-ring (bicyclic) bond motifs is 1. The molecule has 0 radical (unpaired) electrons. The zero-order chi connectivity index (χ0) is 22.7. The molecule has 1 N–H and O–H groups in total. The van der Waals surface area contributed by atoms with Crippen molar-refractivity contribution in [2.75, 3.05) is 20.3 Å². The van der Waals surface area contributed by atoms with E-state index in [1.807, 2.05) is 31.2 Å². The maximum absolute atomic E-state index is 13.4. The molecular weight excluding hydrogens is 430 g/mol. The number of sulfonamides is 1. The minimum atomic E-state index is -3.85. The van der Waals surface area contributed by atoms with Gasteiger partial charge in [-0.2, -0.15) is 4.31 Å². The van der Waals surface area contributed by atoms with Crippen LogP contribution in [0.3, 0.4) is 0 Å². The van der Waals surface area contributed by atoms with E-state index >= 15 is 0 Å². The topological polar surface area (TPSA) is 106 Å². The molecule has 10 heteroatoms. The zero-order valence-electron chi connectivity index (χ0n) is 18.2. The summed E-state index contributed by atoms with van der Waals surface area (Å²) in [7, 11) is -2.25. The molecule has 1 aromatic heterocycles. The summed E-state index contributed by atoms with van der Waals surface area (Å²) in [6.45, 7) is 3.67. The molecule has 3 aromatic rings. The van der Waals surface area contributed by atoms with Crippen LogP contribution in [0.2, 0.25) is 0 Å². The number of aryl methyl sites for hydroxylation is 1. The van der Waals surface area contributed by atoms with E-state index in [1.54, 1.807) is 23.9 Å². The molecular formula is C22H27N5O4S. The van der Waals surface area contributed by atoms with Crippen LogP contribution in [0, 0.1) is 6.92 Å². The SMILES string of the molecule is COCCn1nnc2cc(S(=O)(=O)N3CCC[C@@H]3C(=O)NCc3ccc(C)cc3)ccc21. The van der Waals surface area contributed by atoms with Crippen molar-refractivity contribution in [1.29, 1.82) is 0 Å². The minimum absolute atomic E-state index is 0.113. The number of carbonyl (C=O) groups is 1. The number of rotatable bonds is 8. The molecule has 1 aliphatic rings. The lowest BCUT2D eigenvalue weighted by Gasteiger charge is -2.23. The third-order valence-corrected chi connectivity index (χ3v) is 7.60. The van der Waals surface area contributed by atoms with Crippen LogP contribution in [0.4, 0.5) is 0 Å². The van der Waals surface area contributed by atoms with Crippen LogP contribution in [-0.2, 0) is 32.6 Å². The number of aromatic nitrogens is 3. The molecule has 2 heterocycles. The Morgan fingerprint density at radius 3 is 2.75 bits per heavy atom. The Bertz CT molecular complexity index is 1210. The second-order valence-corrected chi connectivity index (χ2v) is 9.82. The van der Waals surface area contributed by atoms with Gasteiger partial charge in [-0.3, -0.25) is 4.79 Å². The highest BCUT2D eigenvalue weighted by Crippen LogP contribution is 2.28. The van der Waals surface area contributed by atoms with Crippen LogP contribution in [0.5, 0.6) is 0 Å². The van der Waals surface area contributed by atoms with Gasteiger partial charge in [-0.05, 0) is 43.5 Å². The average molecular weight is 458 g/mol. The van der Waals surface area contributed by atoms with E-state index in [0.717, 1.165) is 16.6 Å². The number of carbonyl (C=O) groups excluding carboxylic acids is 1. The normalized spacial score (nSPS) is 17.1. The lowest BCUT2D eigenvalue weighted by molar-refractivity contribution is -0.124. The van der Waals surface area contributed by atoms with Crippen molar-refractivity contribution < 1.29 is 17.9 Å². The molecule has 0 unspecified atom stereocenters. The summed E-state index contributed by atoms with van der Waals surface area (Å²) in [4.78, 5) is 12.9. The van der Waals surface area contributed by atoms with Gasteiger partial charge in [0.05, 0.1) is 23.6 Å². The molecule has 170 valence electrons. The fourth-order valence-corrected chi connectivity index (χ4v) is 5.57. The number of methoxy groups -OCH3 is 1. The Hall–Kier alpha value is -2.82. The first-order valence-corrected chi connectivity index (χ1v) is 12.0. The number of amides is 1. The van der Waals surface area contributed by atoms with Gasteiger partial charge in [0, 0.05) is 20.2 Å². The summed E-state index contributed by atoms with van der Waals surface area (Å²) < 4.78 is 34.7. The van der Waals surface area contributed by atoms with Gasteiger partial charge in [0.1, 0.15) is 11.6 Å². The second-order valence-electron chi connectivity index (χ2n) is 7.93. The van der Waals surface area contributed by atoms with Gasteiger partial charge in [-0.15, -0.1) is 5.10 Å². The van der Waals surface area contributed by atoms with Crippen LogP contribution in [0.1, 0.15) is 24.0 Å². The Kier molecular flexibility index (Phi) is 6.54. The van der Waals surface area contributed by atoms with E-state index in [1.165, 1.54) is 10.4 Å². The van der Waals surface area contributed by atoms with Crippen molar-refractivity contribution in [2.45, 2.75) is 43.8 Å². The van der Waals surface area contributed by atoms with E-state index in [9.17, 15) is 13.2 Å². The Morgan fingerprint density at radius 1 is 1.22 bits per heavy atom.